The summed E-state index contributed by atoms with van der Waals surface area (Å²) in [5.74, 6) is -0.196. The zero-order chi connectivity index (χ0) is 10.7. The lowest BCUT2D eigenvalue weighted by Gasteiger charge is -2.28. The topological polar surface area (TPSA) is 78.0 Å². The number of imidazole rings is 1. The van der Waals surface area contributed by atoms with Gasteiger partial charge in [-0.15, -0.1) is 0 Å². The largest absolute Gasteiger partial charge is 0.391 e. The first-order valence-corrected chi connectivity index (χ1v) is 5.24. The molecule has 1 heterocycles. The van der Waals surface area contributed by atoms with Crippen molar-refractivity contribution in [3.8, 4) is 0 Å². The van der Waals surface area contributed by atoms with Crippen LogP contribution < -0.4 is 5.32 Å². The highest BCUT2D eigenvalue weighted by Crippen LogP contribution is 2.18. The van der Waals surface area contributed by atoms with Crippen molar-refractivity contribution in [2.24, 2.45) is 0 Å². The second-order valence-corrected chi connectivity index (χ2v) is 3.90. The molecule has 0 saturated heterocycles. The summed E-state index contributed by atoms with van der Waals surface area (Å²) in [7, 11) is 0. The summed E-state index contributed by atoms with van der Waals surface area (Å²) < 4.78 is 0. The number of carbonyl (C=O) groups is 1. The Morgan fingerprint density at radius 2 is 2.33 bits per heavy atom. The number of carbonyl (C=O) groups excluding carboxylic acids is 1. The number of hydrogen-bond donors (Lipinski definition) is 3. The number of nitrogens with zero attached hydrogens (tertiary/aromatic N) is 1. The maximum Gasteiger partial charge on any atom is 0.269 e. The molecule has 1 aromatic heterocycles. The molecule has 1 amide bonds. The Labute approximate surface area is 87.9 Å². The molecule has 5 nitrogen and oxygen atoms in total. The number of aliphatic hydroxyl groups excluding tert-OH is 1. The minimum Gasteiger partial charge on any atom is -0.391 e. The Bertz CT molecular complexity index is 323. The maximum atomic E-state index is 11.6. The molecule has 1 aliphatic carbocycles. The molecule has 15 heavy (non-hydrogen) atoms. The molecule has 0 radical (unpaired) electrons. The first-order chi connectivity index (χ1) is 7.27. The molecule has 1 aromatic rings. The Morgan fingerprint density at radius 3 is 3.00 bits per heavy atom. The number of aromatic nitrogens is 2. The Balaban J connectivity index is 1.93. The maximum absolute atomic E-state index is 11.6. The second kappa shape index (κ2) is 4.44. The van der Waals surface area contributed by atoms with Gasteiger partial charge in [-0.1, -0.05) is 12.8 Å². The minimum absolute atomic E-state index is 0.116. The van der Waals surface area contributed by atoms with Gasteiger partial charge < -0.3 is 15.4 Å². The van der Waals surface area contributed by atoms with Crippen LogP contribution in [0.4, 0.5) is 0 Å². The van der Waals surface area contributed by atoms with Crippen LogP contribution in [0.2, 0.25) is 0 Å². The predicted octanol–water partition coefficient (Wildman–Crippen LogP) is 0.443. The Kier molecular flexibility index (Phi) is 3.01. The van der Waals surface area contributed by atoms with Crippen molar-refractivity contribution in [1.82, 2.24) is 15.3 Å². The molecule has 0 bridgehead atoms. The van der Waals surface area contributed by atoms with E-state index in [-0.39, 0.29) is 11.9 Å². The molecule has 1 aliphatic rings. The van der Waals surface area contributed by atoms with Crippen LogP contribution in [0.15, 0.2) is 12.5 Å². The van der Waals surface area contributed by atoms with Crippen LogP contribution in [0.25, 0.3) is 0 Å². The van der Waals surface area contributed by atoms with Crippen molar-refractivity contribution < 1.29 is 9.90 Å². The van der Waals surface area contributed by atoms with E-state index in [4.69, 9.17) is 0 Å². The molecule has 0 aromatic carbocycles. The highest BCUT2D eigenvalue weighted by molar-refractivity contribution is 5.92. The first kappa shape index (κ1) is 10.2. The van der Waals surface area contributed by atoms with Crippen LogP contribution in [-0.2, 0) is 0 Å². The van der Waals surface area contributed by atoms with E-state index in [2.05, 4.69) is 15.3 Å². The average molecular weight is 209 g/mol. The van der Waals surface area contributed by atoms with E-state index in [1.165, 1.54) is 12.5 Å². The molecule has 82 valence electrons. The van der Waals surface area contributed by atoms with Gasteiger partial charge in [0.05, 0.1) is 24.7 Å². The Morgan fingerprint density at radius 1 is 1.53 bits per heavy atom. The molecular formula is C10H15N3O2. The third-order valence-electron chi connectivity index (χ3n) is 2.79. The predicted molar refractivity (Wildman–Crippen MR) is 54.3 cm³/mol. The van der Waals surface area contributed by atoms with Gasteiger partial charge in [0.2, 0.25) is 0 Å². The third kappa shape index (κ3) is 2.36. The van der Waals surface area contributed by atoms with Gasteiger partial charge in [-0.3, -0.25) is 4.79 Å². The van der Waals surface area contributed by atoms with E-state index < -0.39 is 6.10 Å². The van der Waals surface area contributed by atoms with E-state index in [1.807, 2.05) is 0 Å². The number of rotatable bonds is 2. The number of H-pyrrole nitrogens is 1. The van der Waals surface area contributed by atoms with Gasteiger partial charge in [0, 0.05) is 0 Å². The molecule has 1 saturated carbocycles. The number of amides is 1. The molecule has 0 aliphatic heterocycles. The van der Waals surface area contributed by atoms with E-state index in [1.54, 1.807) is 0 Å². The summed E-state index contributed by atoms with van der Waals surface area (Å²) in [6.07, 6.45) is 6.25. The van der Waals surface area contributed by atoms with Crippen LogP contribution in [-0.4, -0.2) is 33.1 Å². The van der Waals surface area contributed by atoms with Crippen LogP contribution in [0.1, 0.15) is 36.2 Å². The second-order valence-electron chi connectivity index (χ2n) is 3.90. The summed E-state index contributed by atoms with van der Waals surface area (Å²) in [4.78, 5) is 18.1. The first-order valence-electron chi connectivity index (χ1n) is 5.24. The lowest BCUT2D eigenvalue weighted by Crippen LogP contribution is -2.45. The number of nitrogens with one attached hydrogen (secondary N) is 2. The summed E-state index contributed by atoms with van der Waals surface area (Å²) in [5.41, 5.74) is 0.438. The van der Waals surface area contributed by atoms with Gasteiger partial charge in [0.1, 0.15) is 5.69 Å². The number of aromatic amines is 1. The van der Waals surface area contributed by atoms with Gasteiger partial charge in [-0.05, 0) is 12.8 Å². The molecule has 2 rings (SSSR count). The molecule has 0 spiro atoms. The van der Waals surface area contributed by atoms with Gasteiger partial charge in [-0.25, -0.2) is 4.98 Å². The normalized spacial score (nSPS) is 26.2. The highest BCUT2D eigenvalue weighted by atomic mass is 16.3. The SMILES string of the molecule is O=C(N[C@H]1CCCC[C@@H]1O)c1cnc[nH]1. The van der Waals surface area contributed by atoms with E-state index in [0.29, 0.717) is 5.69 Å². The van der Waals surface area contributed by atoms with E-state index >= 15 is 0 Å². The average Bonchev–Trinajstić information content (AvgIpc) is 2.74. The smallest absolute Gasteiger partial charge is 0.269 e. The zero-order valence-corrected chi connectivity index (χ0v) is 8.44. The van der Waals surface area contributed by atoms with Gasteiger partial charge in [-0.2, -0.15) is 0 Å². The van der Waals surface area contributed by atoms with Crippen LogP contribution >= 0.6 is 0 Å². The number of aliphatic hydroxyl groups is 1. The lowest BCUT2D eigenvalue weighted by atomic mass is 9.92. The van der Waals surface area contributed by atoms with Crippen molar-refractivity contribution >= 4 is 5.91 Å². The summed E-state index contributed by atoms with van der Waals surface area (Å²) >= 11 is 0. The number of hydrogen-bond acceptors (Lipinski definition) is 3. The molecule has 2 atom stereocenters. The van der Waals surface area contributed by atoms with Crippen molar-refractivity contribution in [2.75, 3.05) is 0 Å². The molecule has 3 N–H and O–H groups in total. The van der Waals surface area contributed by atoms with Crippen molar-refractivity contribution in [3.05, 3.63) is 18.2 Å². The summed E-state index contributed by atoms with van der Waals surface area (Å²) in [6.45, 7) is 0. The monoisotopic (exact) mass is 209 g/mol. The minimum atomic E-state index is -0.411. The van der Waals surface area contributed by atoms with E-state index in [0.717, 1.165) is 25.7 Å². The molecular weight excluding hydrogens is 194 g/mol. The van der Waals surface area contributed by atoms with Crippen LogP contribution in [0.5, 0.6) is 0 Å². The Hall–Kier alpha value is -1.36. The van der Waals surface area contributed by atoms with Crippen LogP contribution in [0.3, 0.4) is 0 Å². The van der Waals surface area contributed by atoms with Gasteiger partial charge in [0.25, 0.3) is 5.91 Å². The van der Waals surface area contributed by atoms with Crippen molar-refractivity contribution in [1.29, 1.82) is 0 Å². The van der Waals surface area contributed by atoms with Crippen molar-refractivity contribution in [2.45, 2.75) is 37.8 Å². The summed E-state index contributed by atoms with van der Waals surface area (Å²) in [5, 5.41) is 12.5. The van der Waals surface area contributed by atoms with Gasteiger partial charge >= 0.3 is 0 Å². The standard InChI is InChI=1S/C10H15N3O2/c14-9-4-2-1-3-7(9)13-10(15)8-5-11-6-12-8/h5-7,9,14H,1-4H2,(H,11,12)(H,13,15)/t7-,9-/m0/s1. The fraction of sp³-hybridized carbons (Fsp3) is 0.600. The third-order valence-corrected chi connectivity index (χ3v) is 2.79. The molecule has 0 unspecified atom stereocenters. The van der Waals surface area contributed by atoms with E-state index in [9.17, 15) is 9.90 Å². The quantitative estimate of drug-likeness (QED) is 0.661. The fourth-order valence-electron chi connectivity index (χ4n) is 1.91. The fourth-order valence-corrected chi connectivity index (χ4v) is 1.91. The highest BCUT2D eigenvalue weighted by Gasteiger charge is 2.24. The molecule has 5 heteroatoms. The lowest BCUT2D eigenvalue weighted by molar-refractivity contribution is 0.0714. The van der Waals surface area contributed by atoms with Crippen LogP contribution in [0, 0.1) is 0 Å². The van der Waals surface area contributed by atoms with Crippen molar-refractivity contribution in [3.63, 3.8) is 0 Å². The molecule has 1 fully saturated rings. The summed E-state index contributed by atoms with van der Waals surface area (Å²) in [6, 6.07) is -0.116. The van der Waals surface area contributed by atoms with Gasteiger partial charge in [0.15, 0.2) is 0 Å². The zero-order valence-electron chi connectivity index (χ0n) is 8.44.